The summed E-state index contributed by atoms with van der Waals surface area (Å²) in [6.07, 6.45) is 0. The quantitative estimate of drug-likeness (QED) is 0.694. The van der Waals surface area contributed by atoms with Crippen molar-refractivity contribution >= 4 is 5.69 Å². The van der Waals surface area contributed by atoms with Gasteiger partial charge in [-0.1, -0.05) is 30.3 Å². The number of nitrogens with two attached hydrogens (primary N) is 1. The summed E-state index contributed by atoms with van der Waals surface area (Å²) in [5.74, 6) is 0.921. The minimum absolute atomic E-state index is 0.293. The first kappa shape index (κ1) is 13.2. The molecule has 0 heterocycles. The molecule has 0 aromatic heterocycles. The van der Waals surface area contributed by atoms with Gasteiger partial charge in [-0.2, -0.15) is 0 Å². The summed E-state index contributed by atoms with van der Waals surface area (Å²) in [7, 11) is 0. The number of halogens is 1. The third-order valence-corrected chi connectivity index (χ3v) is 3.13. The molecule has 0 aliphatic carbocycles. The highest BCUT2D eigenvalue weighted by molar-refractivity contribution is 5.73. The van der Waals surface area contributed by atoms with Crippen LogP contribution >= 0.6 is 0 Å². The van der Waals surface area contributed by atoms with Crippen molar-refractivity contribution in [3.05, 3.63) is 78.6 Å². The van der Waals surface area contributed by atoms with Gasteiger partial charge in [-0.3, -0.25) is 0 Å². The van der Waals surface area contributed by atoms with Crippen LogP contribution in [0.5, 0.6) is 11.5 Å². The van der Waals surface area contributed by atoms with Crippen LogP contribution in [0.2, 0.25) is 0 Å². The Bertz CT molecular complexity index is 739. The molecule has 0 amide bonds. The minimum Gasteiger partial charge on any atom is -0.457 e. The molecule has 3 heteroatoms. The Balaban J connectivity index is 2.01. The van der Waals surface area contributed by atoms with Gasteiger partial charge in [0.15, 0.2) is 0 Å². The average Bonchev–Trinajstić information content (AvgIpc) is 2.51. The SMILES string of the molecule is Nc1ccc(-c2ccccc2)c(Oc2ccc(F)cc2)c1. The summed E-state index contributed by atoms with van der Waals surface area (Å²) in [6, 6.07) is 21.3. The van der Waals surface area contributed by atoms with Gasteiger partial charge >= 0.3 is 0 Å². The maximum absolute atomic E-state index is 13.0. The molecule has 0 bridgehead atoms. The monoisotopic (exact) mass is 279 g/mol. The lowest BCUT2D eigenvalue weighted by Crippen LogP contribution is -1.91. The predicted octanol–water partition coefficient (Wildman–Crippen LogP) is 4.87. The van der Waals surface area contributed by atoms with Crippen molar-refractivity contribution in [3.63, 3.8) is 0 Å². The van der Waals surface area contributed by atoms with Gasteiger partial charge in [0.05, 0.1) is 0 Å². The molecule has 0 saturated carbocycles. The third-order valence-electron chi connectivity index (χ3n) is 3.13. The highest BCUT2D eigenvalue weighted by Gasteiger charge is 2.08. The molecule has 0 aliphatic rings. The molecular formula is C18H14FNO. The zero-order valence-corrected chi connectivity index (χ0v) is 11.3. The number of hydrogen-bond donors (Lipinski definition) is 1. The molecule has 3 aromatic carbocycles. The maximum atomic E-state index is 13.0. The largest absolute Gasteiger partial charge is 0.457 e. The Morgan fingerprint density at radius 1 is 0.810 bits per heavy atom. The molecule has 0 atom stereocenters. The molecule has 0 aliphatic heterocycles. The molecule has 2 N–H and O–H groups in total. The maximum Gasteiger partial charge on any atom is 0.137 e. The molecule has 21 heavy (non-hydrogen) atoms. The number of hydrogen-bond acceptors (Lipinski definition) is 2. The van der Waals surface area contributed by atoms with Gasteiger partial charge in [0.1, 0.15) is 17.3 Å². The van der Waals surface area contributed by atoms with Crippen molar-refractivity contribution in [2.45, 2.75) is 0 Å². The number of benzene rings is 3. The standard InChI is InChI=1S/C18H14FNO/c19-14-6-9-16(10-7-14)21-18-12-15(20)8-11-17(18)13-4-2-1-3-5-13/h1-12H,20H2. The van der Waals surface area contributed by atoms with Crippen LogP contribution in [0.25, 0.3) is 11.1 Å². The molecule has 2 nitrogen and oxygen atoms in total. The first-order valence-electron chi connectivity index (χ1n) is 6.61. The van der Waals surface area contributed by atoms with E-state index in [2.05, 4.69) is 0 Å². The van der Waals surface area contributed by atoms with Crippen molar-refractivity contribution in [3.8, 4) is 22.6 Å². The lowest BCUT2D eigenvalue weighted by atomic mass is 10.0. The van der Waals surface area contributed by atoms with Crippen molar-refractivity contribution in [2.24, 2.45) is 0 Å². The second kappa shape index (κ2) is 5.67. The topological polar surface area (TPSA) is 35.2 Å². The van der Waals surface area contributed by atoms with Crippen molar-refractivity contribution in [2.75, 3.05) is 5.73 Å². The summed E-state index contributed by atoms with van der Waals surface area (Å²) in [4.78, 5) is 0. The summed E-state index contributed by atoms with van der Waals surface area (Å²) < 4.78 is 18.8. The van der Waals surface area contributed by atoms with E-state index in [4.69, 9.17) is 10.5 Å². The number of nitrogen functional groups attached to an aromatic ring is 1. The van der Waals surface area contributed by atoms with Crippen LogP contribution in [0.15, 0.2) is 72.8 Å². The van der Waals surface area contributed by atoms with E-state index in [1.165, 1.54) is 12.1 Å². The van der Waals surface area contributed by atoms with E-state index in [9.17, 15) is 4.39 Å². The van der Waals surface area contributed by atoms with Gasteiger partial charge < -0.3 is 10.5 Å². The van der Waals surface area contributed by atoms with E-state index >= 15 is 0 Å². The second-order valence-corrected chi connectivity index (χ2v) is 4.68. The third kappa shape index (κ3) is 3.03. The molecule has 104 valence electrons. The van der Waals surface area contributed by atoms with Crippen LogP contribution < -0.4 is 10.5 Å². The van der Waals surface area contributed by atoms with Gasteiger partial charge in [-0.15, -0.1) is 0 Å². The van der Waals surface area contributed by atoms with Crippen LogP contribution in [-0.4, -0.2) is 0 Å². The van der Waals surface area contributed by atoms with E-state index in [1.807, 2.05) is 42.5 Å². The van der Waals surface area contributed by atoms with E-state index in [-0.39, 0.29) is 5.82 Å². The Kier molecular flexibility index (Phi) is 3.56. The molecule has 0 fully saturated rings. The smallest absolute Gasteiger partial charge is 0.137 e. The number of ether oxygens (including phenoxy) is 1. The summed E-state index contributed by atoms with van der Waals surface area (Å²) in [5.41, 5.74) is 8.44. The first-order chi connectivity index (χ1) is 10.2. The lowest BCUT2D eigenvalue weighted by molar-refractivity contribution is 0.482. The van der Waals surface area contributed by atoms with Crippen LogP contribution in [0.3, 0.4) is 0 Å². The van der Waals surface area contributed by atoms with E-state index in [0.717, 1.165) is 11.1 Å². The van der Waals surface area contributed by atoms with Gasteiger partial charge in [0, 0.05) is 17.3 Å². The molecule has 0 unspecified atom stereocenters. The van der Waals surface area contributed by atoms with E-state index in [0.29, 0.717) is 17.2 Å². The second-order valence-electron chi connectivity index (χ2n) is 4.68. The van der Waals surface area contributed by atoms with Gasteiger partial charge in [-0.05, 0) is 42.0 Å². The number of anilines is 1. The van der Waals surface area contributed by atoms with Crippen molar-refractivity contribution in [1.29, 1.82) is 0 Å². The minimum atomic E-state index is -0.293. The van der Waals surface area contributed by atoms with Gasteiger partial charge in [-0.25, -0.2) is 4.39 Å². The summed E-state index contributed by atoms with van der Waals surface area (Å²) in [5, 5.41) is 0. The molecule has 3 aromatic rings. The Hall–Kier alpha value is -2.81. The number of rotatable bonds is 3. The normalized spacial score (nSPS) is 10.3. The molecule has 0 saturated heterocycles. The molecule has 0 spiro atoms. The Morgan fingerprint density at radius 2 is 1.52 bits per heavy atom. The highest BCUT2D eigenvalue weighted by Crippen LogP contribution is 2.34. The highest BCUT2D eigenvalue weighted by atomic mass is 19.1. The zero-order valence-electron chi connectivity index (χ0n) is 11.3. The lowest BCUT2D eigenvalue weighted by Gasteiger charge is -2.12. The fraction of sp³-hybridized carbons (Fsp3) is 0. The van der Waals surface area contributed by atoms with Gasteiger partial charge in [0.2, 0.25) is 0 Å². The molecular weight excluding hydrogens is 265 g/mol. The Morgan fingerprint density at radius 3 is 2.24 bits per heavy atom. The predicted molar refractivity (Wildman–Crippen MR) is 82.8 cm³/mol. The van der Waals surface area contributed by atoms with Crippen LogP contribution in [0.4, 0.5) is 10.1 Å². The van der Waals surface area contributed by atoms with E-state index in [1.54, 1.807) is 18.2 Å². The van der Waals surface area contributed by atoms with Crippen LogP contribution in [-0.2, 0) is 0 Å². The zero-order chi connectivity index (χ0) is 14.7. The van der Waals surface area contributed by atoms with Crippen LogP contribution in [0.1, 0.15) is 0 Å². The summed E-state index contributed by atoms with van der Waals surface area (Å²) >= 11 is 0. The first-order valence-corrected chi connectivity index (χ1v) is 6.61. The average molecular weight is 279 g/mol. The molecule has 0 radical (unpaired) electrons. The molecule has 3 rings (SSSR count). The fourth-order valence-electron chi connectivity index (χ4n) is 2.11. The van der Waals surface area contributed by atoms with Crippen molar-refractivity contribution in [1.82, 2.24) is 0 Å². The summed E-state index contributed by atoms with van der Waals surface area (Å²) in [6.45, 7) is 0. The Labute approximate surface area is 122 Å². The van der Waals surface area contributed by atoms with E-state index < -0.39 is 0 Å². The van der Waals surface area contributed by atoms with Gasteiger partial charge in [0.25, 0.3) is 0 Å². The van der Waals surface area contributed by atoms with Crippen LogP contribution in [0, 0.1) is 5.82 Å². The van der Waals surface area contributed by atoms with Crippen molar-refractivity contribution < 1.29 is 9.13 Å². The fourth-order valence-corrected chi connectivity index (χ4v) is 2.11.